The molecule has 0 spiro atoms. The van der Waals surface area contributed by atoms with Crippen molar-refractivity contribution in [3.8, 4) is 16.9 Å². The number of pyridine rings is 2. The second-order valence-electron chi connectivity index (χ2n) is 7.96. The van der Waals surface area contributed by atoms with Crippen LogP contribution < -0.4 is 10.1 Å². The minimum Gasteiger partial charge on any atom is -0.488 e. The van der Waals surface area contributed by atoms with E-state index in [1.165, 1.54) is 6.20 Å². The lowest BCUT2D eigenvalue weighted by Crippen LogP contribution is -2.47. The molecule has 3 aromatic heterocycles. The predicted octanol–water partition coefficient (Wildman–Crippen LogP) is 3.75. The summed E-state index contributed by atoms with van der Waals surface area (Å²) in [5.41, 5.74) is -0.474. The zero-order valence-electron chi connectivity index (χ0n) is 16.9. The molecule has 1 aliphatic carbocycles. The zero-order valence-corrected chi connectivity index (χ0v) is 16.9. The lowest BCUT2D eigenvalue weighted by Gasteiger charge is -2.26. The Hall–Kier alpha value is -3.14. The molecule has 0 saturated heterocycles. The highest BCUT2D eigenvalue weighted by Crippen LogP contribution is 2.35. The molecule has 0 aromatic carbocycles. The van der Waals surface area contributed by atoms with Gasteiger partial charge in [0.15, 0.2) is 11.4 Å². The van der Waals surface area contributed by atoms with Gasteiger partial charge in [0.2, 0.25) is 5.91 Å². The Morgan fingerprint density at radius 2 is 2.06 bits per heavy atom. The van der Waals surface area contributed by atoms with E-state index >= 15 is 0 Å². The van der Waals surface area contributed by atoms with Crippen molar-refractivity contribution in [2.75, 3.05) is 11.9 Å². The van der Waals surface area contributed by atoms with Crippen LogP contribution in [0.3, 0.4) is 0 Å². The summed E-state index contributed by atoms with van der Waals surface area (Å²) in [6, 6.07) is 6.92. The summed E-state index contributed by atoms with van der Waals surface area (Å²) in [6.07, 6.45) is -0.0472. The van der Waals surface area contributed by atoms with Crippen LogP contribution in [0, 0.1) is 12.8 Å². The molecule has 164 valence electrons. The SMILES string of the molecule is Cc1cc(-c2ccn3nc(NC(=O)C4CC4)cc3c2)c(OC[C@](C)(O)C(F)(F)F)cn1. The van der Waals surface area contributed by atoms with E-state index in [0.29, 0.717) is 35.1 Å². The molecule has 1 amide bonds. The summed E-state index contributed by atoms with van der Waals surface area (Å²) in [5.74, 6) is 0.536. The van der Waals surface area contributed by atoms with E-state index < -0.39 is 18.4 Å². The van der Waals surface area contributed by atoms with Gasteiger partial charge in [-0.1, -0.05) is 0 Å². The van der Waals surface area contributed by atoms with Gasteiger partial charge in [0.25, 0.3) is 0 Å². The first-order chi connectivity index (χ1) is 14.5. The number of halogens is 3. The molecule has 1 saturated carbocycles. The topological polar surface area (TPSA) is 88.8 Å². The summed E-state index contributed by atoms with van der Waals surface area (Å²) in [4.78, 5) is 16.1. The molecule has 0 unspecified atom stereocenters. The molecule has 10 heteroatoms. The van der Waals surface area contributed by atoms with Crippen molar-refractivity contribution in [3.05, 3.63) is 42.4 Å². The van der Waals surface area contributed by atoms with Gasteiger partial charge in [-0.15, -0.1) is 0 Å². The third kappa shape index (κ3) is 4.48. The maximum absolute atomic E-state index is 13.0. The third-order valence-electron chi connectivity index (χ3n) is 5.10. The number of hydrogen-bond donors (Lipinski definition) is 2. The molecule has 0 aliphatic heterocycles. The molecular formula is C21H21F3N4O3. The third-order valence-corrected chi connectivity index (χ3v) is 5.10. The first-order valence-corrected chi connectivity index (χ1v) is 9.73. The number of nitrogens with zero attached hydrogens (tertiary/aromatic N) is 3. The van der Waals surface area contributed by atoms with Gasteiger partial charge in [-0.2, -0.15) is 18.3 Å². The number of alkyl halides is 3. The molecule has 3 aromatic rings. The van der Waals surface area contributed by atoms with Crippen LogP contribution in [0.4, 0.5) is 19.0 Å². The van der Waals surface area contributed by atoms with Crippen LogP contribution in [0.2, 0.25) is 0 Å². The van der Waals surface area contributed by atoms with Crippen molar-refractivity contribution in [2.24, 2.45) is 5.92 Å². The number of carbonyl (C=O) groups excluding carboxylic acids is 1. The van der Waals surface area contributed by atoms with Gasteiger partial charge in [0.05, 0.1) is 11.7 Å². The van der Waals surface area contributed by atoms with Crippen LogP contribution in [0.1, 0.15) is 25.5 Å². The predicted molar refractivity (Wildman–Crippen MR) is 107 cm³/mol. The molecule has 7 nitrogen and oxygen atoms in total. The fourth-order valence-electron chi connectivity index (χ4n) is 2.98. The average molecular weight is 434 g/mol. The Morgan fingerprint density at radius 1 is 1.32 bits per heavy atom. The maximum atomic E-state index is 13.0. The number of rotatable bonds is 6. The fourth-order valence-corrected chi connectivity index (χ4v) is 2.98. The van der Waals surface area contributed by atoms with E-state index in [2.05, 4.69) is 15.4 Å². The lowest BCUT2D eigenvalue weighted by molar-refractivity contribution is -0.260. The highest BCUT2D eigenvalue weighted by molar-refractivity contribution is 5.93. The Balaban J connectivity index is 1.62. The number of fused-ring (bicyclic) bond motifs is 1. The van der Waals surface area contributed by atoms with Crippen molar-refractivity contribution in [1.82, 2.24) is 14.6 Å². The quantitative estimate of drug-likeness (QED) is 0.617. The number of amides is 1. The standard InChI is InChI=1S/C21H21F3N4O3/c1-12-7-16(17(10-25-12)31-11-20(2,30)21(22,23)24)14-5-6-28-15(8-14)9-18(27-28)26-19(29)13-3-4-13/h5-10,13,30H,3-4,11H2,1-2H3,(H,26,27,29)/t20-/m0/s1. The van der Waals surface area contributed by atoms with E-state index in [-0.39, 0.29) is 17.6 Å². The summed E-state index contributed by atoms with van der Waals surface area (Å²) in [6.45, 7) is 1.44. The van der Waals surface area contributed by atoms with E-state index in [1.807, 2.05) is 0 Å². The van der Waals surface area contributed by atoms with Crippen LogP contribution in [0.5, 0.6) is 5.75 Å². The minimum atomic E-state index is -4.83. The summed E-state index contributed by atoms with van der Waals surface area (Å²) < 4.78 is 45.8. The van der Waals surface area contributed by atoms with Crippen LogP contribution in [-0.2, 0) is 4.79 Å². The van der Waals surface area contributed by atoms with E-state index in [4.69, 9.17) is 4.74 Å². The summed E-state index contributed by atoms with van der Waals surface area (Å²) in [5, 5.41) is 16.8. The largest absolute Gasteiger partial charge is 0.488 e. The molecule has 1 aliphatic rings. The van der Waals surface area contributed by atoms with Crippen molar-refractivity contribution in [3.63, 3.8) is 0 Å². The number of anilines is 1. The molecule has 0 radical (unpaired) electrons. The number of aryl methyl sites for hydroxylation is 1. The number of aromatic nitrogens is 3. The second kappa shape index (κ2) is 7.52. The highest BCUT2D eigenvalue weighted by atomic mass is 19.4. The molecule has 1 atom stereocenters. The van der Waals surface area contributed by atoms with Crippen molar-refractivity contribution >= 4 is 17.2 Å². The molecule has 4 rings (SSSR count). The van der Waals surface area contributed by atoms with Crippen molar-refractivity contribution in [2.45, 2.75) is 38.5 Å². The van der Waals surface area contributed by atoms with Crippen LogP contribution in [-0.4, -0.2) is 44.0 Å². The van der Waals surface area contributed by atoms with Crippen LogP contribution in [0.25, 0.3) is 16.6 Å². The zero-order chi connectivity index (χ0) is 22.4. The highest BCUT2D eigenvalue weighted by Gasteiger charge is 2.50. The maximum Gasteiger partial charge on any atom is 0.420 e. The number of hydrogen-bond acceptors (Lipinski definition) is 5. The minimum absolute atomic E-state index is 0.0498. The van der Waals surface area contributed by atoms with Gasteiger partial charge in [-0.3, -0.25) is 9.78 Å². The van der Waals surface area contributed by atoms with E-state index in [0.717, 1.165) is 12.8 Å². The number of nitrogens with one attached hydrogen (secondary N) is 1. The first-order valence-electron chi connectivity index (χ1n) is 9.73. The van der Waals surface area contributed by atoms with Crippen LogP contribution in [0.15, 0.2) is 36.7 Å². The van der Waals surface area contributed by atoms with Gasteiger partial charge >= 0.3 is 6.18 Å². The van der Waals surface area contributed by atoms with Gasteiger partial charge in [0.1, 0.15) is 12.4 Å². The van der Waals surface area contributed by atoms with Gasteiger partial charge in [-0.05, 0) is 50.5 Å². The second-order valence-corrected chi connectivity index (χ2v) is 7.96. The molecule has 3 heterocycles. The van der Waals surface area contributed by atoms with Crippen LogP contribution >= 0.6 is 0 Å². The summed E-state index contributed by atoms with van der Waals surface area (Å²) >= 11 is 0. The lowest BCUT2D eigenvalue weighted by atomic mass is 10.1. The number of carbonyl (C=O) groups is 1. The van der Waals surface area contributed by atoms with Gasteiger partial charge in [-0.25, -0.2) is 4.52 Å². The van der Waals surface area contributed by atoms with Gasteiger partial charge < -0.3 is 15.2 Å². The summed E-state index contributed by atoms with van der Waals surface area (Å²) in [7, 11) is 0. The monoisotopic (exact) mass is 434 g/mol. The van der Waals surface area contributed by atoms with Crippen molar-refractivity contribution < 1.29 is 27.8 Å². The Labute approximate surface area is 175 Å². The van der Waals surface area contributed by atoms with Gasteiger partial charge in [0, 0.05) is 29.4 Å². The molecule has 2 N–H and O–H groups in total. The Morgan fingerprint density at radius 3 is 2.74 bits per heavy atom. The fraction of sp³-hybridized carbons (Fsp3) is 0.381. The molecular weight excluding hydrogens is 413 g/mol. The molecule has 0 bridgehead atoms. The normalized spacial score (nSPS) is 16.2. The average Bonchev–Trinajstić information content (AvgIpc) is 3.46. The smallest absolute Gasteiger partial charge is 0.420 e. The van der Waals surface area contributed by atoms with E-state index in [9.17, 15) is 23.1 Å². The molecule has 1 fully saturated rings. The molecule has 31 heavy (non-hydrogen) atoms. The van der Waals surface area contributed by atoms with Crippen molar-refractivity contribution in [1.29, 1.82) is 0 Å². The Bertz CT molecular complexity index is 1140. The van der Waals surface area contributed by atoms with E-state index in [1.54, 1.807) is 41.9 Å². The number of aliphatic hydroxyl groups is 1. The number of ether oxygens (including phenoxy) is 1. The Kier molecular flexibility index (Phi) is 5.12. The first kappa shape index (κ1) is 21.1.